The Balaban J connectivity index is 0.000000131. The molecule has 7 rings (SSSR count). The number of aromatic hydroxyl groups is 1. The van der Waals surface area contributed by atoms with Crippen LogP contribution in [0, 0.1) is 0 Å². The molecule has 2 aliphatic rings. The summed E-state index contributed by atoms with van der Waals surface area (Å²) < 4.78 is 0. The lowest BCUT2D eigenvalue weighted by molar-refractivity contribution is 0.0979. The normalized spacial score (nSPS) is 14.1. The van der Waals surface area contributed by atoms with Crippen molar-refractivity contribution in [2.24, 2.45) is 0 Å². The van der Waals surface area contributed by atoms with Crippen molar-refractivity contribution < 1.29 is 14.7 Å². The smallest absolute Gasteiger partial charge is 0.194 e. The van der Waals surface area contributed by atoms with Crippen LogP contribution in [0.3, 0.4) is 0 Å². The topological polar surface area (TPSA) is 54.4 Å². The Morgan fingerprint density at radius 1 is 0.543 bits per heavy atom. The fourth-order valence-electron chi connectivity index (χ4n) is 5.43. The molecule has 0 saturated heterocycles. The van der Waals surface area contributed by atoms with Gasteiger partial charge in [-0.2, -0.15) is 0 Å². The monoisotopic (exact) mass is 456 g/mol. The van der Waals surface area contributed by atoms with Gasteiger partial charge >= 0.3 is 0 Å². The first-order chi connectivity index (χ1) is 17.1. The molecule has 35 heavy (non-hydrogen) atoms. The van der Waals surface area contributed by atoms with E-state index in [1.54, 1.807) is 35.4 Å². The highest BCUT2D eigenvalue weighted by atomic mass is 16.3. The standard InChI is InChI=1S/C18H16.C14H8O3/c1-3-7-15-13(5-1)9-11-18-16-8-4-2-6-14(16)10-12-17(15)18;15-8-5-6-11-12(7-8)14(17)10-4-2-1-3-9(10)13(11)16/h1,3,5,7,9-12H,2,4,6,8H2;1-7,15H. The van der Waals surface area contributed by atoms with Crippen molar-refractivity contribution >= 4 is 33.1 Å². The van der Waals surface area contributed by atoms with Crippen LogP contribution in [-0.4, -0.2) is 16.7 Å². The highest BCUT2D eigenvalue weighted by Gasteiger charge is 2.29. The third-order valence-electron chi connectivity index (χ3n) is 7.17. The third-order valence-corrected chi connectivity index (χ3v) is 7.17. The second-order valence-electron chi connectivity index (χ2n) is 9.23. The second kappa shape index (κ2) is 8.52. The van der Waals surface area contributed by atoms with E-state index in [2.05, 4.69) is 48.5 Å². The molecule has 1 N–H and O–H groups in total. The van der Waals surface area contributed by atoms with E-state index in [0.29, 0.717) is 16.7 Å². The predicted molar refractivity (Wildman–Crippen MR) is 140 cm³/mol. The summed E-state index contributed by atoms with van der Waals surface area (Å²) in [6.07, 6.45) is 5.22. The average molecular weight is 457 g/mol. The zero-order valence-electron chi connectivity index (χ0n) is 19.3. The number of carbonyl (C=O) groups excluding carboxylic acids is 2. The molecule has 0 atom stereocenters. The summed E-state index contributed by atoms with van der Waals surface area (Å²) in [4.78, 5) is 24.3. The quantitative estimate of drug-likeness (QED) is 0.249. The van der Waals surface area contributed by atoms with Crippen molar-refractivity contribution in [2.75, 3.05) is 0 Å². The number of fused-ring (bicyclic) bond motifs is 7. The molecular formula is C32H24O3. The van der Waals surface area contributed by atoms with Crippen LogP contribution >= 0.6 is 0 Å². The van der Waals surface area contributed by atoms with E-state index in [9.17, 15) is 14.7 Å². The van der Waals surface area contributed by atoms with Crippen LogP contribution in [0.25, 0.3) is 21.5 Å². The van der Waals surface area contributed by atoms with Gasteiger partial charge in [-0.1, -0.05) is 72.8 Å². The fourth-order valence-corrected chi connectivity index (χ4v) is 5.43. The molecule has 5 aromatic carbocycles. The lowest BCUT2D eigenvalue weighted by atomic mass is 9.84. The largest absolute Gasteiger partial charge is 0.508 e. The van der Waals surface area contributed by atoms with Crippen molar-refractivity contribution in [2.45, 2.75) is 25.7 Å². The molecule has 0 heterocycles. The van der Waals surface area contributed by atoms with Gasteiger partial charge in [0, 0.05) is 22.3 Å². The maximum Gasteiger partial charge on any atom is 0.194 e. The van der Waals surface area contributed by atoms with E-state index in [0.717, 1.165) is 0 Å². The number of ketones is 2. The first-order valence-electron chi connectivity index (χ1n) is 12.1. The molecule has 0 saturated carbocycles. The van der Waals surface area contributed by atoms with Gasteiger partial charge in [0.1, 0.15) is 5.75 Å². The zero-order chi connectivity index (χ0) is 23.9. The number of carbonyl (C=O) groups is 2. The summed E-state index contributed by atoms with van der Waals surface area (Å²) in [7, 11) is 0. The first kappa shape index (κ1) is 21.3. The Hall–Kier alpha value is -4.24. The maximum absolute atomic E-state index is 12.1. The van der Waals surface area contributed by atoms with Gasteiger partial charge in [-0.25, -0.2) is 0 Å². The second-order valence-corrected chi connectivity index (χ2v) is 9.23. The predicted octanol–water partition coefficient (Wildman–Crippen LogP) is 7.04. The molecule has 5 aromatic rings. The lowest BCUT2D eigenvalue weighted by Gasteiger charge is -2.18. The molecule has 0 spiro atoms. The molecule has 0 radical (unpaired) electrons. The number of rotatable bonds is 0. The number of hydrogen-bond acceptors (Lipinski definition) is 3. The Bertz CT molecular complexity index is 1640. The van der Waals surface area contributed by atoms with E-state index in [1.807, 2.05) is 0 Å². The van der Waals surface area contributed by atoms with Crippen LogP contribution in [0.1, 0.15) is 55.8 Å². The number of benzene rings is 5. The SMILES string of the molecule is O=C1c2ccccc2C(=O)c2cc(O)ccc21.c1ccc2c(c1)ccc1c3c(ccc12)CCCC3. The van der Waals surface area contributed by atoms with Crippen LogP contribution in [-0.2, 0) is 12.8 Å². The van der Waals surface area contributed by atoms with E-state index in [1.165, 1.54) is 65.4 Å². The van der Waals surface area contributed by atoms with Gasteiger partial charge < -0.3 is 5.11 Å². The molecule has 0 amide bonds. The molecule has 3 nitrogen and oxygen atoms in total. The van der Waals surface area contributed by atoms with E-state index >= 15 is 0 Å². The van der Waals surface area contributed by atoms with Gasteiger partial charge in [-0.05, 0) is 76.6 Å². The van der Waals surface area contributed by atoms with Gasteiger partial charge in [0.25, 0.3) is 0 Å². The fraction of sp³-hybridized carbons (Fsp3) is 0.125. The van der Waals surface area contributed by atoms with Gasteiger partial charge in [0.05, 0.1) is 0 Å². The Morgan fingerprint density at radius 2 is 1.20 bits per heavy atom. The highest BCUT2D eigenvalue weighted by Crippen LogP contribution is 2.33. The zero-order valence-corrected chi connectivity index (χ0v) is 19.3. The van der Waals surface area contributed by atoms with Crippen LogP contribution in [0.4, 0.5) is 0 Å². The minimum atomic E-state index is -0.217. The molecule has 0 aromatic heterocycles. The number of phenols is 1. The summed E-state index contributed by atoms with van der Waals surface area (Å²) in [5.41, 5.74) is 4.63. The summed E-state index contributed by atoms with van der Waals surface area (Å²) in [6.45, 7) is 0. The number of aryl methyl sites for hydroxylation is 2. The van der Waals surface area contributed by atoms with Gasteiger partial charge in [0.2, 0.25) is 0 Å². The first-order valence-corrected chi connectivity index (χ1v) is 12.1. The molecule has 170 valence electrons. The minimum Gasteiger partial charge on any atom is -0.508 e. The third kappa shape index (κ3) is 3.60. The summed E-state index contributed by atoms with van der Waals surface area (Å²) >= 11 is 0. The lowest BCUT2D eigenvalue weighted by Crippen LogP contribution is -2.20. The van der Waals surface area contributed by atoms with E-state index in [4.69, 9.17) is 0 Å². The van der Waals surface area contributed by atoms with E-state index < -0.39 is 0 Å². The number of hydrogen-bond donors (Lipinski definition) is 1. The Labute approximate surface area is 203 Å². The van der Waals surface area contributed by atoms with Crippen molar-refractivity contribution in [1.29, 1.82) is 0 Å². The van der Waals surface area contributed by atoms with E-state index in [-0.39, 0.29) is 22.9 Å². The van der Waals surface area contributed by atoms with Gasteiger partial charge in [-0.3, -0.25) is 9.59 Å². The molecular weight excluding hydrogens is 432 g/mol. The average Bonchev–Trinajstić information content (AvgIpc) is 2.91. The van der Waals surface area contributed by atoms with Crippen LogP contribution in [0.2, 0.25) is 0 Å². The number of phenolic OH excluding ortho intramolecular Hbond substituents is 1. The van der Waals surface area contributed by atoms with Crippen LogP contribution in [0.5, 0.6) is 5.75 Å². The highest BCUT2D eigenvalue weighted by molar-refractivity contribution is 6.28. The molecule has 0 unspecified atom stereocenters. The van der Waals surface area contributed by atoms with Crippen molar-refractivity contribution in [3.63, 3.8) is 0 Å². The molecule has 0 bridgehead atoms. The minimum absolute atomic E-state index is 0.00992. The summed E-state index contributed by atoms with van der Waals surface area (Å²) in [5, 5.41) is 15.0. The molecule has 2 aliphatic carbocycles. The van der Waals surface area contributed by atoms with Gasteiger partial charge in [0.15, 0.2) is 11.6 Å². The summed E-state index contributed by atoms with van der Waals surface area (Å²) in [5.74, 6) is -0.398. The van der Waals surface area contributed by atoms with Crippen molar-refractivity contribution in [3.05, 3.63) is 124 Å². The maximum atomic E-state index is 12.1. The Morgan fingerprint density at radius 3 is 2.03 bits per heavy atom. The molecule has 3 heteroatoms. The van der Waals surface area contributed by atoms with Crippen LogP contribution in [0.15, 0.2) is 91.0 Å². The van der Waals surface area contributed by atoms with Gasteiger partial charge in [-0.15, -0.1) is 0 Å². The summed E-state index contributed by atoms with van der Waals surface area (Å²) in [6, 6.07) is 28.9. The Kier molecular flexibility index (Phi) is 5.18. The van der Waals surface area contributed by atoms with Crippen molar-refractivity contribution in [3.8, 4) is 5.75 Å². The van der Waals surface area contributed by atoms with Crippen molar-refractivity contribution in [1.82, 2.24) is 0 Å². The van der Waals surface area contributed by atoms with Crippen LogP contribution < -0.4 is 0 Å². The molecule has 0 aliphatic heterocycles. The molecule has 0 fully saturated rings.